The van der Waals surface area contributed by atoms with Gasteiger partial charge in [0.1, 0.15) is 5.82 Å². The summed E-state index contributed by atoms with van der Waals surface area (Å²) in [4.78, 5) is 4.28. The van der Waals surface area contributed by atoms with E-state index in [0.717, 1.165) is 5.56 Å². The van der Waals surface area contributed by atoms with E-state index in [9.17, 15) is 4.39 Å². The standard InChI is InChI=1S/C13H14FN3O/c1-8-2-3-9(14)6-11(8)13-16-12(18-17-13)7-15-10-4-5-10/h2-3,6,10,15H,4-5,7H2,1H3. The third kappa shape index (κ3) is 2.41. The van der Waals surface area contributed by atoms with Crippen LogP contribution in [0.2, 0.25) is 0 Å². The second-order valence-electron chi connectivity index (χ2n) is 4.63. The first-order valence-electron chi connectivity index (χ1n) is 6.05. The fourth-order valence-corrected chi connectivity index (χ4v) is 1.79. The molecule has 0 spiro atoms. The first-order chi connectivity index (χ1) is 8.72. The van der Waals surface area contributed by atoms with Crippen LogP contribution in [0.25, 0.3) is 11.4 Å². The fraction of sp³-hybridized carbons (Fsp3) is 0.385. The molecule has 0 aliphatic heterocycles. The van der Waals surface area contributed by atoms with Crippen LogP contribution in [0.1, 0.15) is 24.3 Å². The van der Waals surface area contributed by atoms with Gasteiger partial charge < -0.3 is 9.84 Å². The minimum Gasteiger partial charge on any atom is -0.338 e. The molecule has 1 aromatic carbocycles. The van der Waals surface area contributed by atoms with Gasteiger partial charge in [-0.2, -0.15) is 4.98 Å². The molecule has 0 radical (unpaired) electrons. The van der Waals surface area contributed by atoms with Crippen LogP contribution in [-0.2, 0) is 6.54 Å². The van der Waals surface area contributed by atoms with Crippen molar-refractivity contribution >= 4 is 0 Å². The molecule has 0 saturated heterocycles. The summed E-state index contributed by atoms with van der Waals surface area (Å²) in [6.45, 7) is 2.47. The lowest BCUT2D eigenvalue weighted by atomic mass is 10.1. The molecular formula is C13H14FN3O. The Morgan fingerprint density at radius 1 is 1.44 bits per heavy atom. The van der Waals surface area contributed by atoms with Crippen LogP contribution in [-0.4, -0.2) is 16.2 Å². The minimum atomic E-state index is -0.293. The molecule has 18 heavy (non-hydrogen) atoms. The SMILES string of the molecule is Cc1ccc(F)cc1-c1noc(CNC2CC2)n1. The Morgan fingerprint density at radius 3 is 3.06 bits per heavy atom. The Bertz CT molecular complexity index is 563. The molecular weight excluding hydrogens is 233 g/mol. The average molecular weight is 247 g/mol. The van der Waals surface area contributed by atoms with Gasteiger partial charge in [-0.05, 0) is 37.5 Å². The van der Waals surface area contributed by atoms with Gasteiger partial charge in [0, 0.05) is 11.6 Å². The molecule has 1 aliphatic carbocycles. The predicted molar refractivity (Wildman–Crippen MR) is 64.3 cm³/mol. The molecule has 1 aromatic heterocycles. The van der Waals surface area contributed by atoms with Crippen LogP contribution in [0.3, 0.4) is 0 Å². The van der Waals surface area contributed by atoms with Gasteiger partial charge in [0.25, 0.3) is 0 Å². The number of benzene rings is 1. The van der Waals surface area contributed by atoms with E-state index in [1.54, 1.807) is 6.07 Å². The first kappa shape index (κ1) is 11.3. The number of hydrogen-bond acceptors (Lipinski definition) is 4. The molecule has 1 N–H and O–H groups in total. The van der Waals surface area contributed by atoms with Crippen LogP contribution in [0.15, 0.2) is 22.7 Å². The largest absolute Gasteiger partial charge is 0.338 e. The van der Waals surface area contributed by atoms with E-state index in [-0.39, 0.29) is 5.82 Å². The number of hydrogen-bond donors (Lipinski definition) is 1. The van der Waals surface area contributed by atoms with E-state index >= 15 is 0 Å². The molecule has 3 rings (SSSR count). The van der Waals surface area contributed by atoms with Gasteiger partial charge in [0.05, 0.1) is 6.54 Å². The molecule has 1 fully saturated rings. The molecule has 0 bridgehead atoms. The molecule has 2 aromatic rings. The van der Waals surface area contributed by atoms with Gasteiger partial charge in [-0.3, -0.25) is 0 Å². The zero-order valence-electron chi connectivity index (χ0n) is 10.1. The maximum Gasteiger partial charge on any atom is 0.240 e. The van der Waals surface area contributed by atoms with Gasteiger partial charge in [0.15, 0.2) is 0 Å². The number of halogens is 1. The smallest absolute Gasteiger partial charge is 0.240 e. The van der Waals surface area contributed by atoms with Crippen LogP contribution in [0.4, 0.5) is 4.39 Å². The van der Waals surface area contributed by atoms with Gasteiger partial charge in [0.2, 0.25) is 11.7 Å². The van der Waals surface area contributed by atoms with Gasteiger partial charge in [-0.1, -0.05) is 11.2 Å². The van der Waals surface area contributed by atoms with Crippen molar-refractivity contribution in [1.29, 1.82) is 0 Å². The highest BCUT2D eigenvalue weighted by Gasteiger charge is 2.21. The highest BCUT2D eigenvalue weighted by Crippen LogP contribution is 2.22. The van der Waals surface area contributed by atoms with Gasteiger partial charge in [-0.25, -0.2) is 4.39 Å². The highest BCUT2D eigenvalue weighted by molar-refractivity contribution is 5.59. The molecule has 1 saturated carbocycles. The van der Waals surface area contributed by atoms with E-state index in [1.165, 1.54) is 25.0 Å². The van der Waals surface area contributed by atoms with Crippen LogP contribution >= 0.6 is 0 Å². The summed E-state index contributed by atoms with van der Waals surface area (Å²) in [6.07, 6.45) is 2.42. The zero-order valence-corrected chi connectivity index (χ0v) is 10.1. The zero-order chi connectivity index (χ0) is 12.5. The Morgan fingerprint density at radius 2 is 2.28 bits per heavy atom. The maximum absolute atomic E-state index is 13.2. The van der Waals surface area contributed by atoms with Crippen molar-refractivity contribution in [1.82, 2.24) is 15.5 Å². The highest BCUT2D eigenvalue weighted by atomic mass is 19.1. The van der Waals surface area contributed by atoms with Gasteiger partial charge in [-0.15, -0.1) is 0 Å². The molecule has 0 unspecified atom stereocenters. The van der Waals surface area contributed by atoms with Gasteiger partial charge >= 0.3 is 0 Å². The van der Waals surface area contributed by atoms with Crippen molar-refractivity contribution in [2.24, 2.45) is 0 Å². The molecule has 1 heterocycles. The Kier molecular flexibility index (Phi) is 2.83. The normalized spacial score (nSPS) is 15.0. The number of aryl methyl sites for hydroxylation is 1. The monoisotopic (exact) mass is 247 g/mol. The Balaban J connectivity index is 1.80. The lowest BCUT2D eigenvalue weighted by Gasteiger charge is -1.99. The summed E-state index contributed by atoms with van der Waals surface area (Å²) in [5.74, 6) is 0.693. The summed E-state index contributed by atoms with van der Waals surface area (Å²) in [6, 6.07) is 5.16. The van der Waals surface area contributed by atoms with Crippen molar-refractivity contribution in [3.05, 3.63) is 35.5 Å². The fourth-order valence-electron chi connectivity index (χ4n) is 1.79. The van der Waals surface area contributed by atoms with E-state index in [1.807, 2.05) is 6.92 Å². The summed E-state index contributed by atoms with van der Waals surface area (Å²) in [7, 11) is 0. The second kappa shape index (κ2) is 4.49. The summed E-state index contributed by atoms with van der Waals surface area (Å²) in [5, 5.41) is 7.19. The number of rotatable bonds is 4. The minimum absolute atomic E-state index is 0.293. The average Bonchev–Trinajstić information content (AvgIpc) is 3.08. The van der Waals surface area contributed by atoms with E-state index in [4.69, 9.17) is 4.52 Å². The third-order valence-electron chi connectivity index (χ3n) is 3.03. The Hall–Kier alpha value is -1.75. The number of nitrogens with zero attached hydrogens (tertiary/aromatic N) is 2. The van der Waals surface area contributed by atoms with Crippen molar-refractivity contribution in [2.75, 3.05) is 0 Å². The number of aromatic nitrogens is 2. The molecule has 0 atom stereocenters. The summed E-state index contributed by atoms with van der Waals surface area (Å²) in [5.41, 5.74) is 1.61. The van der Waals surface area contributed by atoms with Crippen molar-refractivity contribution in [3.8, 4) is 11.4 Å². The summed E-state index contributed by atoms with van der Waals surface area (Å²) >= 11 is 0. The van der Waals surface area contributed by atoms with Crippen molar-refractivity contribution < 1.29 is 8.91 Å². The topological polar surface area (TPSA) is 51.0 Å². The van der Waals surface area contributed by atoms with E-state index < -0.39 is 0 Å². The van der Waals surface area contributed by atoms with Crippen LogP contribution in [0.5, 0.6) is 0 Å². The third-order valence-corrected chi connectivity index (χ3v) is 3.03. The maximum atomic E-state index is 13.2. The van der Waals surface area contributed by atoms with Crippen molar-refractivity contribution in [2.45, 2.75) is 32.4 Å². The second-order valence-corrected chi connectivity index (χ2v) is 4.63. The lowest BCUT2D eigenvalue weighted by Crippen LogP contribution is -2.15. The molecule has 4 nitrogen and oxygen atoms in total. The van der Waals surface area contributed by atoms with E-state index in [0.29, 0.717) is 29.9 Å². The summed E-state index contributed by atoms with van der Waals surface area (Å²) < 4.78 is 18.3. The molecule has 1 aliphatic rings. The van der Waals surface area contributed by atoms with Crippen LogP contribution < -0.4 is 5.32 Å². The van der Waals surface area contributed by atoms with E-state index in [2.05, 4.69) is 15.5 Å². The predicted octanol–water partition coefficient (Wildman–Crippen LogP) is 2.44. The molecule has 0 amide bonds. The Labute approximate surface area is 104 Å². The lowest BCUT2D eigenvalue weighted by molar-refractivity contribution is 0.367. The molecule has 5 heteroatoms. The quantitative estimate of drug-likeness (QED) is 0.901. The first-order valence-corrected chi connectivity index (χ1v) is 6.05. The molecule has 94 valence electrons. The van der Waals surface area contributed by atoms with Crippen LogP contribution in [0, 0.1) is 12.7 Å². The van der Waals surface area contributed by atoms with Crippen molar-refractivity contribution in [3.63, 3.8) is 0 Å². The number of nitrogens with one attached hydrogen (secondary N) is 1.